The van der Waals surface area contributed by atoms with Crippen LogP contribution in [0.3, 0.4) is 0 Å². The van der Waals surface area contributed by atoms with E-state index in [0.717, 1.165) is 12.1 Å². The highest BCUT2D eigenvalue weighted by molar-refractivity contribution is 6.17. The van der Waals surface area contributed by atoms with E-state index in [2.05, 4.69) is 4.74 Å². The molecular weight excluding hydrogens is 231 g/mol. The van der Waals surface area contributed by atoms with Crippen LogP contribution in [-0.2, 0) is 5.88 Å². The van der Waals surface area contributed by atoms with Crippen LogP contribution in [0.5, 0.6) is 5.75 Å². The summed E-state index contributed by atoms with van der Waals surface area (Å²) in [5.74, 6) is -0.421. The average molecular weight is 236 g/mol. The number of alkyl halides is 4. The van der Waals surface area contributed by atoms with Crippen molar-refractivity contribution in [1.29, 1.82) is 5.26 Å². The third kappa shape index (κ3) is 3.33. The largest absolute Gasteiger partial charge is 0.573 e. The van der Waals surface area contributed by atoms with Crippen molar-refractivity contribution in [3.8, 4) is 11.8 Å². The number of halogens is 4. The first-order valence-electron chi connectivity index (χ1n) is 3.81. The van der Waals surface area contributed by atoms with E-state index in [9.17, 15) is 13.2 Å². The number of benzene rings is 1. The van der Waals surface area contributed by atoms with Gasteiger partial charge in [0.15, 0.2) is 0 Å². The van der Waals surface area contributed by atoms with Gasteiger partial charge in [0.2, 0.25) is 0 Å². The Bertz CT molecular complexity index is 397. The summed E-state index contributed by atoms with van der Waals surface area (Å²) in [5.41, 5.74) is 0.542. The predicted molar refractivity (Wildman–Crippen MR) is 47.4 cm³/mol. The fraction of sp³-hybridized carbons (Fsp3) is 0.222. The Morgan fingerprint density at radius 1 is 1.40 bits per heavy atom. The van der Waals surface area contributed by atoms with Crippen LogP contribution in [0.4, 0.5) is 13.2 Å². The number of hydrogen-bond donors (Lipinski definition) is 0. The summed E-state index contributed by atoms with van der Waals surface area (Å²) in [4.78, 5) is 0. The quantitative estimate of drug-likeness (QED) is 0.738. The van der Waals surface area contributed by atoms with Crippen molar-refractivity contribution in [3.05, 3.63) is 29.3 Å². The fourth-order valence-electron chi connectivity index (χ4n) is 0.987. The SMILES string of the molecule is N#Cc1ccc(OC(F)(F)F)cc1CCl. The lowest BCUT2D eigenvalue weighted by Crippen LogP contribution is -2.17. The van der Waals surface area contributed by atoms with Gasteiger partial charge in [-0.15, -0.1) is 24.8 Å². The molecule has 80 valence electrons. The van der Waals surface area contributed by atoms with Gasteiger partial charge in [-0.3, -0.25) is 0 Å². The number of hydrogen-bond acceptors (Lipinski definition) is 2. The highest BCUT2D eigenvalue weighted by Gasteiger charge is 2.31. The molecule has 0 aliphatic carbocycles. The molecule has 1 aromatic rings. The van der Waals surface area contributed by atoms with Crippen LogP contribution in [0.25, 0.3) is 0 Å². The summed E-state index contributed by atoms with van der Waals surface area (Å²) in [5, 5.41) is 8.60. The van der Waals surface area contributed by atoms with E-state index in [0.29, 0.717) is 5.56 Å². The van der Waals surface area contributed by atoms with Gasteiger partial charge in [0.05, 0.1) is 11.6 Å². The molecule has 0 unspecified atom stereocenters. The molecule has 0 amide bonds. The van der Waals surface area contributed by atoms with Crippen molar-refractivity contribution in [2.24, 2.45) is 0 Å². The molecule has 2 nitrogen and oxygen atoms in total. The molecule has 0 spiro atoms. The minimum Gasteiger partial charge on any atom is -0.406 e. The van der Waals surface area contributed by atoms with Crippen molar-refractivity contribution >= 4 is 11.6 Å². The van der Waals surface area contributed by atoms with Gasteiger partial charge in [-0.25, -0.2) is 0 Å². The number of nitrogens with zero attached hydrogens (tertiary/aromatic N) is 1. The zero-order valence-corrected chi connectivity index (χ0v) is 8.06. The van der Waals surface area contributed by atoms with Crippen molar-refractivity contribution in [2.75, 3.05) is 0 Å². The Morgan fingerprint density at radius 2 is 2.07 bits per heavy atom. The van der Waals surface area contributed by atoms with Gasteiger partial charge in [0.25, 0.3) is 0 Å². The highest BCUT2D eigenvalue weighted by Crippen LogP contribution is 2.25. The van der Waals surface area contributed by atoms with Gasteiger partial charge in [0, 0.05) is 5.88 Å². The molecule has 0 atom stereocenters. The molecule has 6 heteroatoms. The van der Waals surface area contributed by atoms with Crippen LogP contribution in [-0.4, -0.2) is 6.36 Å². The molecule has 0 radical (unpaired) electrons. The second-order valence-corrected chi connectivity index (χ2v) is 2.88. The smallest absolute Gasteiger partial charge is 0.406 e. The van der Waals surface area contributed by atoms with Crippen LogP contribution in [0, 0.1) is 11.3 Å². The summed E-state index contributed by atoms with van der Waals surface area (Å²) < 4.78 is 39.2. The minimum atomic E-state index is -4.74. The molecule has 15 heavy (non-hydrogen) atoms. The number of nitriles is 1. The van der Waals surface area contributed by atoms with Gasteiger partial charge in [-0.1, -0.05) is 0 Å². The Labute approximate surface area is 88.8 Å². The molecule has 0 heterocycles. The molecule has 0 saturated heterocycles. The molecule has 0 aliphatic heterocycles. The van der Waals surface area contributed by atoms with Gasteiger partial charge in [-0.05, 0) is 23.8 Å². The third-order valence-corrected chi connectivity index (χ3v) is 1.86. The standard InChI is InChI=1S/C9H5ClF3NO/c10-4-7-3-8(15-9(11,12)13)2-1-6(7)5-14/h1-3H,4H2. The Hall–Kier alpha value is -1.41. The summed E-state index contributed by atoms with van der Waals surface area (Å²) in [6.45, 7) is 0. The zero-order valence-electron chi connectivity index (χ0n) is 7.31. The monoisotopic (exact) mass is 235 g/mol. The third-order valence-electron chi connectivity index (χ3n) is 1.57. The minimum absolute atomic E-state index is 0.0437. The lowest BCUT2D eigenvalue weighted by molar-refractivity contribution is -0.274. The van der Waals surface area contributed by atoms with Crippen molar-refractivity contribution in [3.63, 3.8) is 0 Å². The molecule has 1 rings (SSSR count). The zero-order chi connectivity index (χ0) is 11.5. The fourth-order valence-corrected chi connectivity index (χ4v) is 1.21. The summed E-state index contributed by atoms with van der Waals surface area (Å²) in [6, 6.07) is 5.22. The highest BCUT2D eigenvalue weighted by atomic mass is 35.5. The normalized spacial score (nSPS) is 10.9. The number of ether oxygens (including phenoxy) is 1. The Morgan fingerprint density at radius 3 is 2.53 bits per heavy atom. The van der Waals surface area contributed by atoms with Crippen LogP contribution in [0.2, 0.25) is 0 Å². The summed E-state index contributed by atoms with van der Waals surface area (Å²) >= 11 is 5.47. The van der Waals surface area contributed by atoms with Crippen molar-refractivity contribution < 1.29 is 17.9 Å². The van der Waals surface area contributed by atoms with Gasteiger partial charge in [-0.2, -0.15) is 5.26 Å². The molecule has 0 saturated carbocycles. The van der Waals surface area contributed by atoms with E-state index in [-0.39, 0.29) is 17.2 Å². The maximum absolute atomic E-state index is 11.8. The molecule has 0 fully saturated rings. The van der Waals surface area contributed by atoms with Crippen molar-refractivity contribution in [2.45, 2.75) is 12.2 Å². The second-order valence-electron chi connectivity index (χ2n) is 2.61. The first kappa shape index (κ1) is 11.7. The van der Waals surface area contributed by atoms with Crippen LogP contribution in [0.1, 0.15) is 11.1 Å². The predicted octanol–water partition coefficient (Wildman–Crippen LogP) is 3.20. The average Bonchev–Trinajstić information content (AvgIpc) is 2.15. The molecule has 0 bridgehead atoms. The first-order chi connectivity index (χ1) is 6.96. The van der Waals surface area contributed by atoms with Crippen LogP contribution < -0.4 is 4.74 Å². The molecule has 0 aliphatic rings. The Kier molecular flexibility index (Phi) is 3.43. The maximum atomic E-state index is 11.8. The second kappa shape index (κ2) is 4.41. The van der Waals surface area contributed by atoms with E-state index in [1.807, 2.05) is 6.07 Å². The summed E-state index contributed by atoms with van der Waals surface area (Å²) in [7, 11) is 0. The van der Waals surface area contributed by atoms with Gasteiger partial charge >= 0.3 is 6.36 Å². The van der Waals surface area contributed by atoms with E-state index < -0.39 is 6.36 Å². The van der Waals surface area contributed by atoms with Crippen molar-refractivity contribution in [1.82, 2.24) is 0 Å². The van der Waals surface area contributed by atoms with Crippen LogP contribution >= 0.6 is 11.6 Å². The first-order valence-corrected chi connectivity index (χ1v) is 4.34. The van der Waals surface area contributed by atoms with Crippen LogP contribution in [0.15, 0.2) is 18.2 Å². The summed E-state index contributed by atoms with van der Waals surface area (Å²) in [6.07, 6.45) is -4.74. The Balaban J connectivity index is 3.00. The van der Waals surface area contributed by atoms with E-state index >= 15 is 0 Å². The topological polar surface area (TPSA) is 33.0 Å². The lowest BCUT2D eigenvalue weighted by Gasteiger charge is -2.09. The van der Waals surface area contributed by atoms with E-state index in [1.54, 1.807) is 0 Å². The van der Waals surface area contributed by atoms with E-state index in [4.69, 9.17) is 16.9 Å². The molecular formula is C9H5ClF3NO. The maximum Gasteiger partial charge on any atom is 0.573 e. The molecule has 0 aromatic heterocycles. The molecule has 0 N–H and O–H groups in total. The lowest BCUT2D eigenvalue weighted by atomic mass is 10.1. The molecule has 1 aromatic carbocycles. The van der Waals surface area contributed by atoms with E-state index in [1.165, 1.54) is 6.07 Å². The van der Waals surface area contributed by atoms with Gasteiger partial charge in [0.1, 0.15) is 5.75 Å². The van der Waals surface area contributed by atoms with Gasteiger partial charge < -0.3 is 4.74 Å². The number of rotatable bonds is 2.